The second-order valence-corrected chi connectivity index (χ2v) is 8.56. The Hall–Kier alpha value is -3.19. The van der Waals surface area contributed by atoms with Crippen LogP contribution in [0.2, 0.25) is 0 Å². The van der Waals surface area contributed by atoms with E-state index in [1.54, 1.807) is 0 Å². The standard InChI is InChI=1S/C27H27ClN2O4/c1-19-23(18-33-16-20-8-4-2-5-9-20)25(34-17-21-10-6-3-7-11-21)14-24(19)30-15-22(12-13-28)26(31)29-27(30)32/h2-13,15,23-25H,1,14,16-18H2,(H,29,31,32)/t23-,24-,25-/m0/s1. The predicted molar refractivity (Wildman–Crippen MR) is 134 cm³/mol. The lowest BCUT2D eigenvalue weighted by Gasteiger charge is -2.21. The van der Waals surface area contributed by atoms with E-state index in [0.717, 1.165) is 16.7 Å². The molecule has 1 N–H and O–H groups in total. The minimum absolute atomic E-state index is 0.108. The smallest absolute Gasteiger partial charge is 0.328 e. The quantitative estimate of drug-likeness (QED) is 0.454. The first-order valence-corrected chi connectivity index (χ1v) is 11.6. The van der Waals surface area contributed by atoms with Crippen LogP contribution in [0.5, 0.6) is 0 Å². The number of benzene rings is 2. The molecule has 3 atom stereocenters. The summed E-state index contributed by atoms with van der Waals surface area (Å²) in [7, 11) is 0. The van der Waals surface area contributed by atoms with Crippen LogP contribution in [0.3, 0.4) is 0 Å². The lowest BCUT2D eigenvalue weighted by Crippen LogP contribution is -2.33. The van der Waals surface area contributed by atoms with Crippen molar-refractivity contribution in [3.05, 3.63) is 122 Å². The first-order valence-electron chi connectivity index (χ1n) is 11.1. The van der Waals surface area contributed by atoms with Crippen LogP contribution in [0.1, 0.15) is 29.2 Å². The van der Waals surface area contributed by atoms with Crippen molar-refractivity contribution in [3.63, 3.8) is 0 Å². The molecule has 176 valence electrons. The minimum atomic E-state index is -0.490. The van der Waals surface area contributed by atoms with Crippen molar-refractivity contribution in [1.29, 1.82) is 0 Å². The van der Waals surface area contributed by atoms with E-state index < -0.39 is 11.2 Å². The number of aromatic nitrogens is 2. The molecule has 0 aliphatic heterocycles. The predicted octanol–water partition coefficient (Wildman–Crippen LogP) is 4.67. The fraction of sp³-hybridized carbons (Fsp3) is 0.259. The van der Waals surface area contributed by atoms with E-state index in [4.69, 9.17) is 21.1 Å². The summed E-state index contributed by atoms with van der Waals surface area (Å²) in [6.07, 6.45) is 3.33. The van der Waals surface area contributed by atoms with Gasteiger partial charge in [0.1, 0.15) is 0 Å². The number of H-pyrrole nitrogens is 1. The van der Waals surface area contributed by atoms with E-state index in [0.29, 0.717) is 31.8 Å². The fourth-order valence-corrected chi connectivity index (χ4v) is 4.42. The van der Waals surface area contributed by atoms with Crippen molar-refractivity contribution in [2.75, 3.05) is 6.61 Å². The molecule has 1 heterocycles. The number of ether oxygens (including phenoxy) is 2. The monoisotopic (exact) mass is 478 g/mol. The molecular formula is C27H27ClN2O4. The van der Waals surface area contributed by atoms with Crippen LogP contribution >= 0.6 is 11.6 Å². The Kier molecular flexibility index (Phi) is 7.95. The Morgan fingerprint density at radius 1 is 1.03 bits per heavy atom. The third kappa shape index (κ3) is 5.65. The molecule has 1 aliphatic rings. The molecule has 3 aromatic rings. The average Bonchev–Trinajstić information content (AvgIpc) is 3.16. The molecule has 1 fully saturated rings. The molecule has 4 rings (SSSR count). The van der Waals surface area contributed by atoms with E-state index in [1.807, 2.05) is 60.7 Å². The van der Waals surface area contributed by atoms with Crippen molar-refractivity contribution >= 4 is 17.7 Å². The van der Waals surface area contributed by atoms with E-state index in [-0.39, 0.29) is 18.1 Å². The van der Waals surface area contributed by atoms with Crippen molar-refractivity contribution in [1.82, 2.24) is 9.55 Å². The Balaban J connectivity index is 1.55. The lowest BCUT2D eigenvalue weighted by molar-refractivity contribution is -0.0122. The summed E-state index contributed by atoms with van der Waals surface area (Å²) in [4.78, 5) is 27.1. The molecule has 0 saturated heterocycles. The highest BCUT2D eigenvalue weighted by molar-refractivity contribution is 6.27. The van der Waals surface area contributed by atoms with Crippen LogP contribution in [-0.2, 0) is 22.7 Å². The van der Waals surface area contributed by atoms with Crippen molar-refractivity contribution in [2.45, 2.75) is 31.8 Å². The summed E-state index contributed by atoms with van der Waals surface area (Å²) in [5, 5.41) is 0. The Morgan fingerprint density at radius 2 is 1.68 bits per heavy atom. The van der Waals surface area contributed by atoms with E-state index >= 15 is 0 Å². The molecular weight excluding hydrogens is 452 g/mol. The molecule has 1 aliphatic carbocycles. The van der Waals surface area contributed by atoms with Crippen LogP contribution in [0.15, 0.2) is 94.1 Å². The number of hydrogen-bond donors (Lipinski definition) is 1. The lowest BCUT2D eigenvalue weighted by atomic mass is 10.0. The molecule has 1 saturated carbocycles. The zero-order chi connectivity index (χ0) is 23.9. The molecule has 2 aromatic carbocycles. The number of aromatic amines is 1. The Morgan fingerprint density at radius 3 is 2.32 bits per heavy atom. The van der Waals surface area contributed by atoms with Crippen molar-refractivity contribution < 1.29 is 9.47 Å². The molecule has 0 unspecified atom stereocenters. The maximum absolute atomic E-state index is 12.7. The second-order valence-electron chi connectivity index (χ2n) is 8.31. The third-order valence-electron chi connectivity index (χ3n) is 6.10. The summed E-state index contributed by atoms with van der Waals surface area (Å²) >= 11 is 5.67. The van der Waals surface area contributed by atoms with Gasteiger partial charge in [-0.1, -0.05) is 78.8 Å². The third-order valence-corrected chi connectivity index (χ3v) is 6.22. The maximum atomic E-state index is 12.7. The van der Waals surface area contributed by atoms with E-state index in [9.17, 15) is 9.59 Å². The van der Waals surface area contributed by atoms with E-state index in [2.05, 4.69) is 11.6 Å². The van der Waals surface area contributed by atoms with Crippen molar-refractivity contribution in [3.8, 4) is 0 Å². The summed E-state index contributed by atoms with van der Waals surface area (Å²) < 4.78 is 13.8. The van der Waals surface area contributed by atoms with Gasteiger partial charge in [0.05, 0.1) is 37.5 Å². The number of nitrogens with one attached hydrogen (secondary N) is 1. The highest BCUT2D eigenvalue weighted by atomic mass is 35.5. The molecule has 6 nitrogen and oxygen atoms in total. The summed E-state index contributed by atoms with van der Waals surface area (Å²) in [5.41, 5.74) is 3.55. The number of nitrogens with zero attached hydrogens (tertiary/aromatic N) is 1. The van der Waals surface area contributed by atoms with Crippen LogP contribution in [0.25, 0.3) is 6.08 Å². The molecule has 34 heavy (non-hydrogen) atoms. The van der Waals surface area contributed by atoms with Gasteiger partial charge in [0.2, 0.25) is 0 Å². The summed E-state index contributed by atoms with van der Waals surface area (Å²) in [6, 6.07) is 19.6. The van der Waals surface area contributed by atoms with Gasteiger partial charge in [-0.25, -0.2) is 4.79 Å². The zero-order valence-electron chi connectivity index (χ0n) is 18.7. The molecule has 0 bridgehead atoms. The molecule has 7 heteroatoms. The van der Waals surface area contributed by atoms with Gasteiger partial charge >= 0.3 is 5.69 Å². The second kappa shape index (κ2) is 11.3. The van der Waals surface area contributed by atoms with Gasteiger partial charge in [-0.2, -0.15) is 0 Å². The van der Waals surface area contributed by atoms with Crippen LogP contribution in [0, 0.1) is 5.92 Å². The highest BCUT2D eigenvalue weighted by Gasteiger charge is 2.40. The summed E-state index contributed by atoms with van der Waals surface area (Å²) in [5.74, 6) is -0.108. The first kappa shape index (κ1) is 24.0. The van der Waals surface area contributed by atoms with Gasteiger partial charge < -0.3 is 9.47 Å². The van der Waals surface area contributed by atoms with Crippen molar-refractivity contribution in [2.24, 2.45) is 5.92 Å². The van der Waals surface area contributed by atoms with E-state index in [1.165, 1.54) is 22.4 Å². The normalized spacial score (nSPS) is 20.3. The van der Waals surface area contributed by atoms with Crippen LogP contribution in [-0.4, -0.2) is 22.3 Å². The topological polar surface area (TPSA) is 73.3 Å². The number of halogens is 1. The number of rotatable bonds is 9. The fourth-order valence-electron chi connectivity index (χ4n) is 4.29. The zero-order valence-corrected chi connectivity index (χ0v) is 19.5. The first-order chi connectivity index (χ1) is 16.6. The molecule has 0 amide bonds. The van der Waals surface area contributed by atoms with Gasteiger partial charge in [0.15, 0.2) is 0 Å². The molecule has 1 aromatic heterocycles. The average molecular weight is 479 g/mol. The largest absolute Gasteiger partial charge is 0.376 e. The number of hydrogen-bond acceptors (Lipinski definition) is 4. The van der Waals surface area contributed by atoms with Gasteiger partial charge in [-0.05, 0) is 29.2 Å². The maximum Gasteiger partial charge on any atom is 0.328 e. The Bertz CT molecular complexity index is 1250. The molecule has 0 spiro atoms. The van der Waals surface area contributed by atoms with Gasteiger partial charge in [-0.3, -0.25) is 14.3 Å². The van der Waals surface area contributed by atoms with Gasteiger partial charge in [-0.15, -0.1) is 0 Å². The summed E-state index contributed by atoms with van der Waals surface area (Å²) in [6.45, 7) is 5.64. The molecule has 0 radical (unpaired) electrons. The highest BCUT2D eigenvalue weighted by Crippen LogP contribution is 2.40. The van der Waals surface area contributed by atoms with Crippen LogP contribution in [0.4, 0.5) is 0 Å². The van der Waals surface area contributed by atoms with Gasteiger partial charge in [0, 0.05) is 17.6 Å². The van der Waals surface area contributed by atoms with Crippen LogP contribution < -0.4 is 11.2 Å². The minimum Gasteiger partial charge on any atom is -0.376 e. The van der Waals surface area contributed by atoms with Gasteiger partial charge in [0.25, 0.3) is 5.56 Å². The SMILES string of the molecule is C=C1[C@H](COCc2ccccc2)[C@@H](OCc2ccccc2)C[C@@H]1n1cc(C=CCl)c(=O)[nH]c1=O. The Labute approximate surface area is 203 Å².